The van der Waals surface area contributed by atoms with Gasteiger partial charge in [0.25, 0.3) is 5.69 Å². The monoisotopic (exact) mass is 385 g/mol. The minimum atomic E-state index is -3.84. The fourth-order valence-electron chi connectivity index (χ4n) is 2.86. The SMILES string of the molecule is CCOC(=O)C(C)N1CCN(S(=O)(=O)c2cc([N+](=O)[O-])ccc2C)CC1. The zero-order valence-corrected chi connectivity index (χ0v) is 15.9. The van der Waals surface area contributed by atoms with Crippen molar-refractivity contribution in [1.82, 2.24) is 9.21 Å². The van der Waals surface area contributed by atoms with E-state index in [9.17, 15) is 23.3 Å². The van der Waals surface area contributed by atoms with Gasteiger partial charge in [-0.1, -0.05) is 6.07 Å². The summed E-state index contributed by atoms with van der Waals surface area (Å²) in [4.78, 5) is 24.0. The molecule has 1 saturated heterocycles. The van der Waals surface area contributed by atoms with Crippen LogP contribution in [0.3, 0.4) is 0 Å². The van der Waals surface area contributed by atoms with Gasteiger partial charge in [0.2, 0.25) is 10.0 Å². The molecule has 10 heteroatoms. The van der Waals surface area contributed by atoms with E-state index in [4.69, 9.17) is 4.74 Å². The summed E-state index contributed by atoms with van der Waals surface area (Å²) in [6, 6.07) is 3.37. The maximum absolute atomic E-state index is 12.9. The number of piperazine rings is 1. The molecule has 1 aromatic rings. The molecule has 1 unspecified atom stereocenters. The van der Waals surface area contributed by atoms with Crippen molar-refractivity contribution >= 4 is 21.7 Å². The van der Waals surface area contributed by atoms with Crippen LogP contribution in [-0.2, 0) is 19.6 Å². The predicted octanol–water partition coefficient (Wildman–Crippen LogP) is 1.16. The van der Waals surface area contributed by atoms with E-state index in [1.54, 1.807) is 20.8 Å². The van der Waals surface area contributed by atoms with Gasteiger partial charge in [0.15, 0.2) is 0 Å². The largest absolute Gasteiger partial charge is 0.465 e. The van der Waals surface area contributed by atoms with E-state index in [0.29, 0.717) is 25.3 Å². The van der Waals surface area contributed by atoms with Crippen LogP contribution in [0, 0.1) is 17.0 Å². The van der Waals surface area contributed by atoms with Gasteiger partial charge < -0.3 is 4.74 Å². The van der Waals surface area contributed by atoms with Crippen LogP contribution in [0.15, 0.2) is 23.1 Å². The number of rotatable bonds is 6. The van der Waals surface area contributed by atoms with Crippen LogP contribution in [0.2, 0.25) is 0 Å². The second-order valence-electron chi connectivity index (χ2n) is 6.07. The highest BCUT2D eigenvalue weighted by Crippen LogP contribution is 2.25. The van der Waals surface area contributed by atoms with Crippen LogP contribution >= 0.6 is 0 Å². The first-order chi connectivity index (χ1) is 12.2. The lowest BCUT2D eigenvalue weighted by Gasteiger charge is -2.36. The van der Waals surface area contributed by atoms with E-state index < -0.39 is 21.0 Å². The molecule has 1 fully saturated rings. The van der Waals surface area contributed by atoms with Crippen LogP contribution in [-0.4, -0.2) is 67.3 Å². The fourth-order valence-corrected chi connectivity index (χ4v) is 4.53. The number of nitro benzene ring substituents is 1. The smallest absolute Gasteiger partial charge is 0.323 e. The first kappa shape index (κ1) is 20.3. The Labute approximate surface area is 152 Å². The average molecular weight is 385 g/mol. The number of aryl methyl sites for hydroxylation is 1. The van der Waals surface area contributed by atoms with Crippen molar-refractivity contribution in [1.29, 1.82) is 0 Å². The van der Waals surface area contributed by atoms with Gasteiger partial charge >= 0.3 is 5.97 Å². The molecule has 1 aliphatic rings. The summed E-state index contributed by atoms with van der Waals surface area (Å²) in [5.41, 5.74) is 0.196. The highest BCUT2D eigenvalue weighted by molar-refractivity contribution is 7.89. The molecule has 0 spiro atoms. The number of sulfonamides is 1. The van der Waals surface area contributed by atoms with E-state index >= 15 is 0 Å². The van der Waals surface area contributed by atoms with E-state index in [0.717, 1.165) is 6.07 Å². The molecule has 0 amide bonds. The fraction of sp³-hybridized carbons (Fsp3) is 0.562. The van der Waals surface area contributed by atoms with Crippen molar-refractivity contribution in [3.8, 4) is 0 Å². The molecule has 1 aromatic carbocycles. The second kappa shape index (κ2) is 8.11. The topological polar surface area (TPSA) is 110 Å². The lowest BCUT2D eigenvalue weighted by atomic mass is 10.2. The van der Waals surface area contributed by atoms with Crippen LogP contribution < -0.4 is 0 Å². The van der Waals surface area contributed by atoms with E-state index in [1.807, 2.05) is 4.90 Å². The summed E-state index contributed by atoms with van der Waals surface area (Å²) >= 11 is 0. The van der Waals surface area contributed by atoms with Crippen molar-refractivity contribution in [2.24, 2.45) is 0 Å². The zero-order valence-electron chi connectivity index (χ0n) is 15.0. The summed E-state index contributed by atoms with van der Waals surface area (Å²) in [7, 11) is -3.84. The highest BCUT2D eigenvalue weighted by Gasteiger charge is 2.33. The lowest BCUT2D eigenvalue weighted by molar-refractivity contribution is -0.385. The molecule has 2 rings (SSSR count). The number of benzene rings is 1. The Hall–Kier alpha value is -2.04. The molecule has 0 saturated carbocycles. The molecule has 9 nitrogen and oxygen atoms in total. The molecule has 1 aliphatic heterocycles. The van der Waals surface area contributed by atoms with Crippen molar-refractivity contribution in [2.45, 2.75) is 31.7 Å². The maximum atomic E-state index is 12.9. The number of carbonyl (C=O) groups is 1. The standard InChI is InChI=1S/C16H23N3O6S/c1-4-25-16(20)13(3)17-7-9-18(10-8-17)26(23,24)15-11-14(19(21)22)6-5-12(15)2/h5-6,11,13H,4,7-10H2,1-3H3. The molecule has 26 heavy (non-hydrogen) atoms. The van der Waals surface area contributed by atoms with Gasteiger partial charge in [-0.2, -0.15) is 4.31 Å². The first-order valence-electron chi connectivity index (χ1n) is 8.34. The number of ether oxygens (including phenoxy) is 1. The van der Waals surface area contributed by atoms with Crippen LogP contribution in [0.1, 0.15) is 19.4 Å². The summed E-state index contributed by atoms with van der Waals surface area (Å²) in [6.45, 7) is 6.53. The van der Waals surface area contributed by atoms with Gasteiger partial charge in [0.1, 0.15) is 6.04 Å². The van der Waals surface area contributed by atoms with Gasteiger partial charge in [-0.25, -0.2) is 8.42 Å². The number of carbonyl (C=O) groups excluding carboxylic acids is 1. The highest BCUT2D eigenvalue weighted by atomic mass is 32.2. The quantitative estimate of drug-likeness (QED) is 0.410. The Balaban J connectivity index is 2.14. The Bertz CT molecular complexity index is 787. The van der Waals surface area contributed by atoms with Crippen molar-refractivity contribution in [2.75, 3.05) is 32.8 Å². The third kappa shape index (κ3) is 4.19. The number of esters is 1. The molecule has 0 bridgehead atoms. The second-order valence-corrected chi connectivity index (χ2v) is 7.98. The predicted molar refractivity (Wildman–Crippen MR) is 94.3 cm³/mol. The number of non-ortho nitro benzene ring substituents is 1. The number of nitro groups is 1. The Morgan fingerprint density at radius 2 is 1.92 bits per heavy atom. The molecule has 0 N–H and O–H groups in total. The number of hydrogen-bond acceptors (Lipinski definition) is 7. The van der Waals surface area contributed by atoms with Gasteiger partial charge in [0, 0.05) is 38.3 Å². The Morgan fingerprint density at radius 1 is 1.31 bits per heavy atom. The maximum Gasteiger partial charge on any atom is 0.323 e. The molecule has 0 aromatic heterocycles. The summed E-state index contributed by atoms with van der Waals surface area (Å²) in [5, 5.41) is 10.9. The first-order valence-corrected chi connectivity index (χ1v) is 9.78. The molecule has 1 atom stereocenters. The normalized spacial score (nSPS) is 17.7. The minimum absolute atomic E-state index is 0.0569. The van der Waals surface area contributed by atoms with Gasteiger partial charge in [-0.3, -0.25) is 19.8 Å². The third-order valence-electron chi connectivity index (χ3n) is 4.45. The van der Waals surface area contributed by atoms with Gasteiger partial charge in [-0.05, 0) is 26.3 Å². The van der Waals surface area contributed by atoms with Crippen molar-refractivity contribution in [3.63, 3.8) is 0 Å². The molecule has 1 heterocycles. The van der Waals surface area contributed by atoms with Crippen LogP contribution in [0.25, 0.3) is 0 Å². The Kier molecular flexibility index (Phi) is 6.32. The number of hydrogen-bond donors (Lipinski definition) is 0. The summed E-state index contributed by atoms with van der Waals surface area (Å²) in [6.07, 6.45) is 0. The molecule has 0 radical (unpaired) electrons. The van der Waals surface area contributed by atoms with Crippen LogP contribution in [0.4, 0.5) is 5.69 Å². The van der Waals surface area contributed by atoms with E-state index in [2.05, 4.69) is 0 Å². The van der Waals surface area contributed by atoms with Gasteiger partial charge in [0.05, 0.1) is 16.4 Å². The zero-order chi connectivity index (χ0) is 19.5. The third-order valence-corrected chi connectivity index (χ3v) is 6.49. The molecular weight excluding hydrogens is 362 g/mol. The Morgan fingerprint density at radius 3 is 2.46 bits per heavy atom. The van der Waals surface area contributed by atoms with E-state index in [-0.39, 0.29) is 29.6 Å². The summed E-state index contributed by atoms with van der Waals surface area (Å²) in [5.74, 6) is -0.335. The molecular formula is C16H23N3O6S. The van der Waals surface area contributed by atoms with Crippen molar-refractivity contribution in [3.05, 3.63) is 33.9 Å². The van der Waals surface area contributed by atoms with Crippen molar-refractivity contribution < 1.29 is 22.9 Å². The van der Waals surface area contributed by atoms with Crippen LogP contribution in [0.5, 0.6) is 0 Å². The average Bonchev–Trinajstić information content (AvgIpc) is 2.61. The number of nitrogens with zero attached hydrogens (tertiary/aromatic N) is 3. The minimum Gasteiger partial charge on any atom is -0.465 e. The van der Waals surface area contributed by atoms with Gasteiger partial charge in [-0.15, -0.1) is 0 Å². The summed E-state index contributed by atoms with van der Waals surface area (Å²) < 4.78 is 32.1. The lowest BCUT2D eigenvalue weighted by Crippen LogP contribution is -2.53. The van der Waals surface area contributed by atoms with E-state index in [1.165, 1.54) is 16.4 Å². The molecule has 144 valence electrons. The molecule has 0 aliphatic carbocycles.